The summed E-state index contributed by atoms with van der Waals surface area (Å²) in [7, 11) is 0. The number of ketones is 1. The van der Waals surface area contributed by atoms with E-state index in [-0.39, 0.29) is 139 Å². The Morgan fingerprint density at radius 1 is 0.607 bits per heavy atom. The number of benzene rings is 4. The van der Waals surface area contributed by atoms with Gasteiger partial charge in [-0.3, -0.25) is 52.7 Å². The van der Waals surface area contributed by atoms with Gasteiger partial charge in [-0.05, 0) is 120 Å². The molecule has 6 amide bonds. The van der Waals surface area contributed by atoms with Gasteiger partial charge in [-0.2, -0.15) is 0 Å². The van der Waals surface area contributed by atoms with E-state index in [1.165, 1.54) is 36.4 Å². The minimum atomic E-state index is -1.13. The zero-order valence-corrected chi connectivity index (χ0v) is 49.7. The quantitative estimate of drug-likeness (QED) is 0.0168. The number of Topliss-reactive ketones (excluding diaryl/α,β-unsaturated/α-hetero) is 1. The van der Waals surface area contributed by atoms with Crippen LogP contribution >= 0.6 is 11.8 Å². The molecule has 6 rings (SSSR count). The van der Waals surface area contributed by atoms with Gasteiger partial charge in [0.15, 0.2) is 23.0 Å². The molecule has 448 valence electrons. The number of carbonyl (C=O) groups is 11. The van der Waals surface area contributed by atoms with E-state index in [4.69, 9.17) is 18.9 Å². The number of ether oxygens (including phenoxy) is 4. The normalized spacial score (nSPS) is 16.1. The molecule has 5 N–H and O–H groups in total. The molecule has 22 heteroatoms. The molecular weight excluding hydrogens is 1100 g/mol. The van der Waals surface area contributed by atoms with Crippen LogP contribution in [0.2, 0.25) is 0 Å². The van der Waals surface area contributed by atoms with Gasteiger partial charge in [0.2, 0.25) is 17.7 Å². The van der Waals surface area contributed by atoms with E-state index in [1.807, 2.05) is 26.8 Å². The Bertz CT molecular complexity index is 3070. The van der Waals surface area contributed by atoms with Gasteiger partial charge in [0, 0.05) is 88.5 Å². The third kappa shape index (κ3) is 17.1. The first-order valence-corrected chi connectivity index (χ1v) is 28.8. The van der Waals surface area contributed by atoms with Crippen molar-refractivity contribution in [3.8, 4) is 23.0 Å². The van der Waals surface area contributed by atoms with Crippen LogP contribution < -0.4 is 45.5 Å². The van der Waals surface area contributed by atoms with Crippen molar-refractivity contribution in [2.75, 3.05) is 19.6 Å². The molecular formula is C62H74N6O15S. The minimum Gasteiger partial charge on any atom is -0.423 e. The number of para-hydroxylation sites is 2. The van der Waals surface area contributed by atoms with E-state index in [0.717, 1.165) is 38.8 Å². The van der Waals surface area contributed by atoms with E-state index < -0.39 is 65.0 Å². The number of hydrogen-bond acceptors (Lipinski definition) is 16. The van der Waals surface area contributed by atoms with Crippen molar-refractivity contribution < 1.29 is 71.7 Å². The lowest BCUT2D eigenvalue weighted by Gasteiger charge is -2.44. The van der Waals surface area contributed by atoms with Crippen LogP contribution in [-0.2, 0) is 38.4 Å². The summed E-state index contributed by atoms with van der Waals surface area (Å²) in [6, 6.07) is 21.8. The van der Waals surface area contributed by atoms with Crippen LogP contribution in [0.1, 0.15) is 160 Å². The fourth-order valence-corrected chi connectivity index (χ4v) is 11.9. The molecule has 4 atom stereocenters. The fraction of sp³-hybridized carbons (Fsp3) is 0.435. The van der Waals surface area contributed by atoms with Crippen LogP contribution in [0.15, 0.2) is 84.9 Å². The number of aryl methyl sites for hydroxylation is 1. The lowest BCUT2D eigenvalue weighted by atomic mass is 9.83. The summed E-state index contributed by atoms with van der Waals surface area (Å²) in [5, 5.41) is 14.5. The topological polar surface area (TPSA) is 288 Å². The molecule has 2 heterocycles. The molecule has 0 saturated carbocycles. The van der Waals surface area contributed by atoms with Gasteiger partial charge in [-0.1, -0.05) is 54.6 Å². The lowest BCUT2D eigenvalue weighted by molar-refractivity contribution is -0.151. The first kappa shape index (κ1) is 64.8. The molecule has 0 radical (unpaired) electrons. The van der Waals surface area contributed by atoms with Crippen molar-refractivity contribution >= 4 is 76.9 Å². The molecule has 0 aliphatic carbocycles. The van der Waals surface area contributed by atoms with Gasteiger partial charge >= 0.3 is 23.9 Å². The molecule has 2 aliphatic heterocycles. The minimum absolute atomic E-state index is 0.00754. The van der Waals surface area contributed by atoms with Crippen LogP contribution in [0.4, 0.5) is 0 Å². The highest BCUT2D eigenvalue weighted by Crippen LogP contribution is 2.50. The Hall–Kier alpha value is -8.40. The molecule has 2 fully saturated rings. The summed E-state index contributed by atoms with van der Waals surface area (Å²) in [6.07, 6.45) is 0.582. The van der Waals surface area contributed by atoms with Gasteiger partial charge in [0.05, 0.1) is 17.0 Å². The van der Waals surface area contributed by atoms with Crippen molar-refractivity contribution in [3.63, 3.8) is 0 Å². The van der Waals surface area contributed by atoms with E-state index in [9.17, 15) is 52.7 Å². The van der Waals surface area contributed by atoms with Gasteiger partial charge in [-0.25, -0.2) is 0 Å². The summed E-state index contributed by atoms with van der Waals surface area (Å²) >= 11 is 1.61. The maximum Gasteiger partial charge on any atom is 0.308 e. The average Bonchev–Trinajstić information content (AvgIpc) is 1.67. The van der Waals surface area contributed by atoms with Crippen molar-refractivity contribution in [3.05, 3.63) is 118 Å². The van der Waals surface area contributed by atoms with E-state index in [2.05, 4.69) is 40.4 Å². The monoisotopic (exact) mass is 1170 g/mol. The second-order valence-corrected chi connectivity index (χ2v) is 23.3. The van der Waals surface area contributed by atoms with Gasteiger partial charge in [0.25, 0.3) is 17.7 Å². The van der Waals surface area contributed by atoms with Crippen molar-refractivity contribution in [1.29, 1.82) is 0 Å². The third-order valence-electron chi connectivity index (χ3n) is 14.9. The van der Waals surface area contributed by atoms with Crippen molar-refractivity contribution in [1.82, 2.24) is 31.5 Å². The van der Waals surface area contributed by atoms with Gasteiger partial charge < -0.3 is 50.4 Å². The largest absolute Gasteiger partial charge is 0.423 e. The van der Waals surface area contributed by atoms with Crippen LogP contribution in [0.3, 0.4) is 0 Å². The lowest BCUT2D eigenvalue weighted by Crippen LogP contribution is -2.69. The van der Waals surface area contributed by atoms with E-state index >= 15 is 0 Å². The number of carbonyl (C=O) groups excluding carboxylic acids is 11. The van der Waals surface area contributed by atoms with Gasteiger partial charge in [-0.15, -0.1) is 11.8 Å². The second kappa shape index (κ2) is 29.2. The summed E-state index contributed by atoms with van der Waals surface area (Å²) in [6.45, 7) is 14.6. The number of β-lactam (4-membered cyclic amide) rings is 1. The summed E-state index contributed by atoms with van der Waals surface area (Å²) in [5.41, 5.74) is 1.48. The van der Waals surface area contributed by atoms with Gasteiger partial charge in [0.1, 0.15) is 17.2 Å². The molecule has 0 aromatic heterocycles. The number of rotatable bonds is 28. The van der Waals surface area contributed by atoms with Crippen LogP contribution in [-0.4, -0.2) is 117 Å². The SMILES string of the molecule is CC(=O)Oc1cccc(C(=O)NCCCC(CCCNC(=O)c2cccc(C)c2C)(CCCNC(=O)c2cccc(OC(C)=O)c2OC(C)=O)NC(=O)CCC(=O)CC(C(=O)NC2C(=O)N3C2SC(C)(C)C3C)c2ccccc2)c1OC(C)=O. The molecule has 21 nitrogen and oxygen atoms in total. The van der Waals surface area contributed by atoms with Crippen LogP contribution in [0.25, 0.3) is 0 Å². The zero-order valence-electron chi connectivity index (χ0n) is 48.9. The molecule has 4 aromatic rings. The summed E-state index contributed by atoms with van der Waals surface area (Å²) in [5.74, 6) is -7.98. The number of amides is 6. The molecule has 2 saturated heterocycles. The third-order valence-corrected chi connectivity index (χ3v) is 16.5. The Morgan fingerprint density at radius 2 is 1.07 bits per heavy atom. The highest BCUT2D eigenvalue weighted by molar-refractivity contribution is 8.01. The van der Waals surface area contributed by atoms with E-state index in [0.29, 0.717) is 17.5 Å². The highest BCUT2D eigenvalue weighted by atomic mass is 32.2. The average molecular weight is 1180 g/mol. The number of fused-ring (bicyclic) bond motifs is 1. The smallest absolute Gasteiger partial charge is 0.308 e. The van der Waals surface area contributed by atoms with Crippen LogP contribution in [0, 0.1) is 13.8 Å². The maximum atomic E-state index is 14.4. The van der Waals surface area contributed by atoms with E-state index in [1.54, 1.807) is 59.1 Å². The van der Waals surface area contributed by atoms with Crippen LogP contribution in [0.5, 0.6) is 23.0 Å². The molecule has 4 aromatic carbocycles. The number of hydrogen-bond donors (Lipinski definition) is 5. The van der Waals surface area contributed by atoms with Crippen molar-refractivity contribution in [2.45, 2.75) is 154 Å². The Morgan fingerprint density at radius 3 is 1.56 bits per heavy atom. The maximum absolute atomic E-state index is 14.4. The molecule has 84 heavy (non-hydrogen) atoms. The Kier molecular flexibility index (Phi) is 22.5. The molecule has 0 bridgehead atoms. The van der Waals surface area contributed by atoms with Crippen molar-refractivity contribution in [2.24, 2.45) is 0 Å². The summed E-state index contributed by atoms with van der Waals surface area (Å²) in [4.78, 5) is 147. The highest BCUT2D eigenvalue weighted by Gasteiger charge is 2.60. The summed E-state index contributed by atoms with van der Waals surface area (Å²) < 4.78 is 20.8. The number of esters is 4. The number of nitrogens with zero attached hydrogens (tertiary/aromatic N) is 1. The zero-order chi connectivity index (χ0) is 61.5. The molecule has 4 unspecified atom stereocenters. The Labute approximate surface area is 492 Å². The predicted molar refractivity (Wildman–Crippen MR) is 311 cm³/mol. The molecule has 2 aliphatic rings. The Balaban J connectivity index is 1.23. The number of nitrogens with one attached hydrogen (secondary N) is 5. The number of thioether (sulfide) groups is 1. The predicted octanol–water partition coefficient (Wildman–Crippen LogP) is 6.88. The fourth-order valence-electron chi connectivity index (χ4n) is 10.2. The molecule has 0 spiro atoms. The second-order valence-electron chi connectivity index (χ2n) is 21.5. The standard InChI is InChI=1S/C62H74N6O15S/c1-36-19-13-22-45(37(36)2)55(75)63-32-16-29-62(30-17-33-64-56(76)46-23-14-25-49(80-39(4)69)53(46)82-41(6)71,31-18-34-65-57(77)47-24-15-26-50(81-40(5)70)54(47)83-42(7)72)67-51(74)28-27-44(73)35-48(43-20-11-10-12-21-43)58(78)66-52-59(79)68-38(3)61(8,9)84-60(52)68/h10-15,19-26,38,48,52,60H,16-18,27-35H2,1-9H3,(H,63,75)(H,64,76)(H,65,77)(H,66,78)(H,67,74). The first-order chi connectivity index (χ1) is 39.8. The first-order valence-electron chi connectivity index (χ1n) is 27.9.